The van der Waals surface area contributed by atoms with Gasteiger partial charge in [-0.3, -0.25) is 4.79 Å². The van der Waals surface area contributed by atoms with E-state index in [9.17, 15) is 14.3 Å². The van der Waals surface area contributed by atoms with Gasteiger partial charge < -0.3 is 24.6 Å². The van der Waals surface area contributed by atoms with Gasteiger partial charge in [0.2, 0.25) is 0 Å². The van der Waals surface area contributed by atoms with Crippen molar-refractivity contribution in [3.05, 3.63) is 53.3 Å². The van der Waals surface area contributed by atoms with Crippen LogP contribution in [0.1, 0.15) is 22.0 Å². The van der Waals surface area contributed by atoms with Crippen molar-refractivity contribution in [2.24, 2.45) is 0 Å². The van der Waals surface area contributed by atoms with Crippen molar-refractivity contribution in [3.63, 3.8) is 0 Å². The zero-order valence-electron chi connectivity index (χ0n) is 14.2. The Morgan fingerprint density at radius 1 is 1.04 bits per heavy atom. The summed E-state index contributed by atoms with van der Waals surface area (Å²) >= 11 is 0. The largest absolute Gasteiger partial charge is 0.494 e. The van der Waals surface area contributed by atoms with Gasteiger partial charge in [0.15, 0.2) is 23.1 Å². The summed E-state index contributed by atoms with van der Waals surface area (Å²) in [6.07, 6.45) is -0.952. The molecular weight excluding hydrogens is 329 g/mol. The molecule has 0 aliphatic carbocycles. The molecule has 2 N–H and O–H groups in total. The lowest BCUT2D eigenvalue weighted by atomic mass is 10.1. The van der Waals surface area contributed by atoms with Crippen LogP contribution >= 0.6 is 0 Å². The van der Waals surface area contributed by atoms with Crippen molar-refractivity contribution in [2.75, 3.05) is 27.9 Å². The highest BCUT2D eigenvalue weighted by atomic mass is 19.1. The maximum Gasteiger partial charge on any atom is 0.251 e. The second-order valence-corrected chi connectivity index (χ2v) is 5.19. The molecule has 2 aromatic rings. The molecule has 7 heteroatoms. The zero-order valence-corrected chi connectivity index (χ0v) is 14.2. The number of hydrogen-bond acceptors (Lipinski definition) is 5. The number of aliphatic hydroxyl groups excluding tert-OH is 1. The zero-order chi connectivity index (χ0) is 18.4. The van der Waals surface area contributed by atoms with Gasteiger partial charge in [0.1, 0.15) is 0 Å². The highest BCUT2D eigenvalue weighted by Crippen LogP contribution is 2.29. The SMILES string of the molecule is COc1ccc(C(=O)NCC(O)c2ccc(OC)c(OC)c2)cc1F. The third kappa shape index (κ3) is 4.39. The Kier molecular flexibility index (Phi) is 6.19. The van der Waals surface area contributed by atoms with Crippen molar-refractivity contribution in [1.29, 1.82) is 0 Å². The number of amides is 1. The first kappa shape index (κ1) is 18.5. The second kappa shape index (κ2) is 8.34. The summed E-state index contributed by atoms with van der Waals surface area (Å²) in [5.41, 5.74) is 0.691. The average molecular weight is 349 g/mol. The Balaban J connectivity index is 2.03. The first-order chi connectivity index (χ1) is 12.0. The number of ether oxygens (including phenoxy) is 3. The van der Waals surface area contributed by atoms with Crippen LogP contribution in [0.2, 0.25) is 0 Å². The normalized spacial score (nSPS) is 11.6. The van der Waals surface area contributed by atoms with Gasteiger partial charge in [-0.25, -0.2) is 4.39 Å². The molecule has 0 aromatic heterocycles. The minimum atomic E-state index is -0.952. The lowest BCUT2D eigenvalue weighted by molar-refractivity contribution is 0.0915. The molecule has 0 bridgehead atoms. The van der Waals surface area contributed by atoms with Gasteiger partial charge in [0.05, 0.1) is 27.4 Å². The van der Waals surface area contributed by atoms with Crippen molar-refractivity contribution >= 4 is 5.91 Å². The van der Waals surface area contributed by atoms with E-state index < -0.39 is 17.8 Å². The first-order valence-electron chi connectivity index (χ1n) is 7.51. The van der Waals surface area contributed by atoms with E-state index in [0.717, 1.165) is 6.07 Å². The molecule has 0 radical (unpaired) electrons. The number of methoxy groups -OCH3 is 3. The van der Waals surface area contributed by atoms with Crippen LogP contribution in [0.5, 0.6) is 17.2 Å². The fourth-order valence-corrected chi connectivity index (χ4v) is 2.28. The summed E-state index contributed by atoms with van der Waals surface area (Å²) in [5, 5.41) is 12.8. The van der Waals surface area contributed by atoms with Gasteiger partial charge in [-0.2, -0.15) is 0 Å². The summed E-state index contributed by atoms with van der Waals surface area (Å²) in [4.78, 5) is 12.1. The Bertz CT molecular complexity index is 750. The molecule has 0 fully saturated rings. The molecule has 1 unspecified atom stereocenters. The van der Waals surface area contributed by atoms with Crippen molar-refractivity contribution in [3.8, 4) is 17.2 Å². The number of nitrogens with one attached hydrogen (secondary N) is 1. The molecule has 1 amide bonds. The molecule has 0 aliphatic heterocycles. The monoisotopic (exact) mass is 349 g/mol. The van der Waals surface area contributed by atoms with E-state index >= 15 is 0 Å². The third-order valence-electron chi connectivity index (χ3n) is 3.66. The summed E-state index contributed by atoms with van der Waals surface area (Å²) < 4.78 is 28.8. The van der Waals surface area contributed by atoms with Crippen LogP contribution in [0.4, 0.5) is 4.39 Å². The van der Waals surface area contributed by atoms with Gasteiger partial charge in [0, 0.05) is 12.1 Å². The fourth-order valence-electron chi connectivity index (χ4n) is 2.28. The predicted octanol–water partition coefficient (Wildman–Crippen LogP) is 2.31. The highest BCUT2D eigenvalue weighted by molar-refractivity contribution is 5.94. The van der Waals surface area contributed by atoms with E-state index in [-0.39, 0.29) is 17.9 Å². The minimum absolute atomic E-state index is 0.0397. The van der Waals surface area contributed by atoms with Gasteiger partial charge in [0.25, 0.3) is 5.91 Å². The summed E-state index contributed by atoms with van der Waals surface area (Å²) in [7, 11) is 4.35. The molecule has 0 heterocycles. The van der Waals surface area contributed by atoms with Crippen LogP contribution in [0, 0.1) is 5.82 Å². The third-order valence-corrected chi connectivity index (χ3v) is 3.66. The molecule has 2 aromatic carbocycles. The van der Waals surface area contributed by atoms with Crippen LogP contribution in [0.25, 0.3) is 0 Å². The van der Waals surface area contributed by atoms with Crippen LogP contribution in [0.15, 0.2) is 36.4 Å². The smallest absolute Gasteiger partial charge is 0.251 e. The molecule has 2 rings (SSSR count). The standard InChI is InChI=1S/C18H20FNO5/c1-23-15-6-5-12(8-13(15)19)18(22)20-10-14(21)11-4-7-16(24-2)17(9-11)25-3/h4-9,14,21H,10H2,1-3H3,(H,20,22). The van der Waals surface area contributed by atoms with Crippen LogP contribution in [-0.2, 0) is 0 Å². The molecular formula is C18H20FNO5. The fraction of sp³-hybridized carbons (Fsp3) is 0.278. The van der Waals surface area contributed by atoms with Crippen LogP contribution < -0.4 is 19.5 Å². The second-order valence-electron chi connectivity index (χ2n) is 5.19. The van der Waals surface area contributed by atoms with E-state index in [0.29, 0.717) is 17.1 Å². The molecule has 1 atom stereocenters. The molecule has 0 saturated carbocycles. The van der Waals surface area contributed by atoms with E-state index in [1.807, 2.05) is 0 Å². The number of carbonyl (C=O) groups is 1. The molecule has 25 heavy (non-hydrogen) atoms. The lowest BCUT2D eigenvalue weighted by Crippen LogP contribution is -2.28. The lowest BCUT2D eigenvalue weighted by Gasteiger charge is -2.15. The summed E-state index contributed by atoms with van der Waals surface area (Å²) in [6.45, 7) is -0.0397. The predicted molar refractivity (Wildman–Crippen MR) is 89.8 cm³/mol. The van der Waals surface area contributed by atoms with Crippen LogP contribution in [-0.4, -0.2) is 38.9 Å². The van der Waals surface area contributed by atoms with E-state index in [2.05, 4.69) is 5.32 Å². The molecule has 0 aliphatic rings. The van der Waals surface area contributed by atoms with E-state index in [4.69, 9.17) is 14.2 Å². The number of aliphatic hydroxyl groups is 1. The number of rotatable bonds is 7. The Morgan fingerprint density at radius 3 is 2.28 bits per heavy atom. The minimum Gasteiger partial charge on any atom is -0.494 e. The Hall–Kier alpha value is -2.80. The maximum atomic E-state index is 13.6. The number of carbonyl (C=O) groups excluding carboxylic acids is 1. The average Bonchev–Trinajstić information content (AvgIpc) is 2.64. The van der Waals surface area contributed by atoms with Crippen molar-refractivity contribution in [2.45, 2.75) is 6.10 Å². The van der Waals surface area contributed by atoms with Gasteiger partial charge >= 0.3 is 0 Å². The van der Waals surface area contributed by atoms with Gasteiger partial charge in [-0.05, 0) is 35.9 Å². The van der Waals surface area contributed by atoms with Gasteiger partial charge in [-0.1, -0.05) is 6.07 Å². The van der Waals surface area contributed by atoms with Gasteiger partial charge in [-0.15, -0.1) is 0 Å². The summed E-state index contributed by atoms with van der Waals surface area (Å²) in [5.74, 6) is -0.0580. The number of benzene rings is 2. The molecule has 0 saturated heterocycles. The number of halogens is 1. The quantitative estimate of drug-likeness (QED) is 0.802. The van der Waals surface area contributed by atoms with Crippen molar-refractivity contribution < 1.29 is 28.5 Å². The highest BCUT2D eigenvalue weighted by Gasteiger charge is 2.15. The van der Waals surface area contributed by atoms with E-state index in [1.165, 1.54) is 33.5 Å². The van der Waals surface area contributed by atoms with E-state index in [1.54, 1.807) is 18.2 Å². The number of hydrogen-bond donors (Lipinski definition) is 2. The Labute approximate surface area is 145 Å². The Morgan fingerprint density at radius 2 is 1.68 bits per heavy atom. The van der Waals surface area contributed by atoms with Crippen LogP contribution in [0.3, 0.4) is 0 Å². The topological polar surface area (TPSA) is 77.0 Å². The maximum absolute atomic E-state index is 13.6. The molecule has 134 valence electrons. The molecule has 0 spiro atoms. The van der Waals surface area contributed by atoms with Crippen molar-refractivity contribution in [1.82, 2.24) is 5.32 Å². The first-order valence-corrected chi connectivity index (χ1v) is 7.51. The summed E-state index contributed by atoms with van der Waals surface area (Å²) in [6, 6.07) is 8.86. The molecule has 6 nitrogen and oxygen atoms in total.